The van der Waals surface area contributed by atoms with Crippen molar-refractivity contribution in [2.75, 3.05) is 35.6 Å². The number of aromatic amines is 1. The molecule has 5 rings (SSSR count). The summed E-state index contributed by atoms with van der Waals surface area (Å²) in [5.41, 5.74) is -11.7. The number of benzene rings is 4. The second-order valence-electron chi connectivity index (χ2n) is 17.8. The monoisotopic (exact) mass is 1030 g/mol. The van der Waals surface area contributed by atoms with E-state index in [1.807, 2.05) is 0 Å². The molecule has 0 fully saturated rings. The minimum atomic E-state index is -5.33. The highest BCUT2D eigenvalue weighted by molar-refractivity contribution is 7.93. The van der Waals surface area contributed by atoms with E-state index < -0.39 is 110 Å². The molecule has 0 aliphatic rings. The summed E-state index contributed by atoms with van der Waals surface area (Å²) >= 11 is 0. The van der Waals surface area contributed by atoms with Crippen LogP contribution in [0.15, 0.2) is 70.5 Å². The number of nitrogens with one attached hydrogen (secondary N) is 3. The highest BCUT2D eigenvalue weighted by Crippen LogP contribution is 2.43. The van der Waals surface area contributed by atoms with Crippen LogP contribution in [-0.4, -0.2) is 52.5 Å². The lowest BCUT2D eigenvalue weighted by Gasteiger charge is -2.34. The second-order valence-corrected chi connectivity index (χ2v) is 21.1. The minimum Gasteiger partial charge on any atom is -1.00 e. The van der Waals surface area contributed by atoms with E-state index in [-0.39, 0.29) is 70.7 Å². The maximum absolute atomic E-state index is 14.1. The summed E-state index contributed by atoms with van der Waals surface area (Å²) in [6, 6.07) is 5.21. The number of hydrogen-bond donors (Lipinski definition) is 3. The van der Waals surface area contributed by atoms with E-state index in [9.17, 15) is 69.5 Å². The number of H-pyrrole nitrogens is 1. The van der Waals surface area contributed by atoms with Gasteiger partial charge in [-0.25, -0.2) is 16.8 Å². The van der Waals surface area contributed by atoms with Crippen molar-refractivity contribution in [2.24, 2.45) is 0 Å². The molecule has 0 amide bonds. The van der Waals surface area contributed by atoms with Crippen LogP contribution in [0.1, 0.15) is 103 Å². The molecule has 3 N–H and O–H groups in total. The van der Waals surface area contributed by atoms with Gasteiger partial charge in [0.1, 0.15) is 9.79 Å². The topological polar surface area (TPSA) is 108 Å². The normalized spacial score (nSPS) is 13.6. The van der Waals surface area contributed by atoms with E-state index >= 15 is 0 Å². The molecule has 5 aromatic rings. The molecule has 0 saturated carbocycles. The van der Waals surface area contributed by atoms with Crippen LogP contribution in [0.2, 0.25) is 0 Å². The minimum absolute atomic E-state index is 0. The van der Waals surface area contributed by atoms with E-state index in [4.69, 9.17) is 0 Å². The lowest BCUT2D eigenvalue weighted by molar-refractivity contribution is -0.921. The summed E-state index contributed by atoms with van der Waals surface area (Å²) in [5, 5.41) is -0.0300. The summed E-state index contributed by atoms with van der Waals surface area (Å²) in [5.74, 6) is 0. The molecule has 67 heavy (non-hydrogen) atoms. The summed E-state index contributed by atoms with van der Waals surface area (Å²) in [7, 11) is -10.3. The highest BCUT2D eigenvalue weighted by Gasteiger charge is 2.40. The maximum atomic E-state index is 14.1. The van der Waals surface area contributed by atoms with Crippen molar-refractivity contribution < 1.29 is 86.4 Å². The molecule has 0 spiro atoms. The van der Waals surface area contributed by atoms with Gasteiger partial charge in [-0.3, -0.25) is 9.44 Å². The van der Waals surface area contributed by atoms with Gasteiger partial charge in [-0.15, -0.1) is 0 Å². The molecule has 0 radical (unpaired) electrons. The van der Waals surface area contributed by atoms with Crippen LogP contribution >= 0.6 is 0 Å². The number of aromatic nitrogens is 1. The molecule has 4 aromatic carbocycles. The zero-order valence-corrected chi connectivity index (χ0v) is 40.3. The van der Waals surface area contributed by atoms with Crippen molar-refractivity contribution in [2.45, 2.75) is 115 Å². The molecule has 8 nitrogen and oxygen atoms in total. The third-order valence-corrected chi connectivity index (χ3v) is 14.2. The number of anilines is 2. The van der Waals surface area contributed by atoms with E-state index in [1.165, 1.54) is 42.8 Å². The number of alkyl halides is 12. The first-order valence-electron chi connectivity index (χ1n) is 20.4. The van der Waals surface area contributed by atoms with Gasteiger partial charge >= 0.3 is 24.7 Å². The lowest BCUT2D eigenvalue weighted by Crippen LogP contribution is -3.00. The lowest BCUT2D eigenvalue weighted by atomic mass is 9.85. The highest BCUT2D eigenvalue weighted by atomic mass is 35.5. The largest absolute Gasteiger partial charge is 1.00 e. The average molecular weight is 1030 g/mol. The van der Waals surface area contributed by atoms with Gasteiger partial charge in [0, 0.05) is 10.8 Å². The third-order valence-electron chi connectivity index (χ3n) is 11.4. The van der Waals surface area contributed by atoms with Crippen molar-refractivity contribution in [3.63, 3.8) is 0 Å². The van der Waals surface area contributed by atoms with Gasteiger partial charge in [-0.2, -0.15) is 52.7 Å². The summed E-state index contributed by atoms with van der Waals surface area (Å²) in [4.78, 5) is 1.13. The Morgan fingerprint density at radius 3 is 0.881 bits per heavy atom. The summed E-state index contributed by atoms with van der Waals surface area (Å²) in [6.07, 6.45) is -21.3. The Labute approximate surface area is 387 Å². The molecule has 23 heteroatoms. The third kappa shape index (κ3) is 13.0. The average Bonchev–Trinajstić information content (AvgIpc) is 3.54. The van der Waals surface area contributed by atoms with Crippen molar-refractivity contribution >= 4 is 53.2 Å². The number of rotatable bonds is 10. The maximum Gasteiger partial charge on any atom is 0.416 e. The molecule has 0 atom stereocenters. The van der Waals surface area contributed by atoms with E-state index in [1.54, 1.807) is 51.0 Å². The molecule has 374 valence electrons. The smallest absolute Gasteiger partial charge is 0.416 e. The Morgan fingerprint density at radius 2 is 0.687 bits per heavy atom. The van der Waals surface area contributed by atoms with Gasteiger partial charge in [0.05, 0.1) is 70.8 Å². The number of sulfonamides is 2. The van der Waals surface area contributed by atoms with Gasteiger partial charge in [-0.05, 0) is 110 Å². The first-order valence-corrected chi connectivity index (χ1v) is 23.3. The number of halogens is 13. The molecular weight excluding hydrogens is 976 g/mol. The molecule has 1 aromatic heterocycles. The number of fused-ring (bicyclic) bond motifs is 3. The van der Waals surface area contributed by atoms with Crippen molar-refractivity contribution in [1.29, 1.82) is 0 Å². The predicted molar refractivity (Wildman–Crippen MR) is 230 cm³/mol. The van der Waals surface area contributed by atoms with Crippen LogP contribution < -0.4 is 21.9 Å². The summed E-state index contributed by atoms with van der Waals surface area (Å²) < 4.78 is 225. The van der Waals surface area contributed by atoms with Crippen molar-refractivity contribution in [3.05, 3.63) is 94.0 Å². The van der Waals surface area contributed by atoms with Gasteiger partial charge < -0.3 is 21.9 Å². The van der Waals surface area contributed by atoms with Crippen LogP contribution in [0.4, 0.5) is 64.1 Å². The molecule has 1 heterocycles. The van der Waals surface area contributed by atoms with Crippen molar-refractivity contribution in [3.8, 4) is 0 Å². The standard InChI is InChI=1S/C36H31F12N3O4S2.C8H20N.ClH/c1-31(2,3)17-13-25-26-14-18(32(4,5)6)16-28(57(54,55)51-24-11-21(35(43,44)45)8-22(12-24)36(46,47)48)30(26)49-29(25)27(15-17)56(52,53)50-23-9-19(33(37,38)39)7-20(10-23)34(40,41)42;1-5-9(6-2,7-3)8-4;/h7-16,49-51H,1-6H3;5-8H2,1-4H3;1H/q;+1;/p-1. The molecule has 0 bridgehead atoms. The van der Waals surface area contributed by atoms with Crippen LogP contribution in [0.5, 0.6) is 0 Å². The Hall–Kier alpha value is -4.41. The first kappa shape index (κ1) is 56.9. The fraction of sp³-hybridized carbons (Fsp3) is 0.455. The fourth-order valence-corrected chi connectivity index (χ4v) is 9.62. The van der Waals surface area contributed by atoms with Gasteiger partial charge in [-0.1, -0.05) is 41.5 Å². The second kappa shape index (κ2) is 19.2. The molecule has 0 unspecified atom stereocenters. The van der Waals surface area contributed by atoms with E-state index in [2.05, 4.69) is 32.7 Å². The molecule has 0 aliphatic heterocycles. The van der Waals surface area contributed by atoms with Gasteiger partial charge in [0.25, 0.3) is 20.0 Å². The number of hydrogen-bond acceptors (Lipinski definition) is 4. The zero-order chi connectivity index (χ0) is 50.6. The first-order chi connectivity index (χ1) is 29.7. The van der Waals surface area contributed by atoms with Crippen LogP contribution in [0.25, 0.3) is 21.8 Å². The number of quaternary nitrogens is 1. The molecular formula is C44H51ClF12N4O4S2. The van der Waals surface area contributed by atoms with Gasteiger partial charge in [0.2, 0.25) is 0 Å². The zero-order valence-electron chi connectivity index (χ0n) is 37.9. The van der Waals surface area contributed by atoms with E-state index in [0.717, 1.165) is 12.1 Å². The van der Waals surface area contributed by atoms with Crippen LogP contribution in [0, 0.1) is 0 Å². The SMILES string of the molecule is CC(C)(C)c1cc(S(=O)(=O)Nc2cc(C(F)(F)F)cc(C(F)(F)F)c2)c2[nH]c3c(S(=O)(=O)Nc4cc(C(F)(F)F)cc(C(F)(F)F)c4)cc(C(C)(C)C)cc3c2c1.CC[N+](CC)(CC)CC.[Cl-]. The Balaban J connectivity index is 0.00000108. The van der Waals surface area contributed by atoms with Crippen LogP contribution in [0.3, 0.4) is 0 Å². The quantitative estimate of drug-likeness (QED) is 0.0957. The molecule has 0 aliphatic carbocycles. The molecule has 0 saturated heterocycles. The Bertz CT molecular complexity index is 2560. The Kier molecular flexibility index (Phi) is 16.3. The van der Waals surface area contributed by atoms with Gasteiger partial charge in [0.15, 0.2) is 0 Å². The van der Waals surface area contributed by atoms with E-state index in [0.29, 0.717) is 0 Å². The van der Waals surface area contributed by atoms with Crippen LogP contribution in [-0.2, 0) is 55.6 Å². The summed E-state index contributed by atoms with van der Waals surface area (Å²) in [6.45, 7) is 24.1. The van der Waals surface area contributed by atoms with Crippen molar-refractivity contribution in [1.82, 2.24) is 4.98 Å². The fourth-order valence-electron chi connectivity index (χ4n) is 7.12. The Morgan fingerprint density at radius 1 is 0.433 bits per heavy atom. The predicted octanol–water partition coefficient (Wildman–Crippen LogP) is 10.5. The number of nitrogens with zero attached hydrogens (tertiary/aromatic N) is 1.